The Kier molecular flexibility index (Phi) is 8.19. The summed E-state index contributed by atoms with van der Waals surface area (Å²) in [7, 11) is 5.20. The lowest BCUT2D eigenvalue weighted by molar-refractivity contribution is -0.127. The molecule has 2 saturated heterocycles. The highest BCUT2D eigenvalue weighted by atomic mass is 16.5. The molecule has 0 spiro atoms. The SMILES string of the molecule is COc1ccccc1N1CCC(NC(=NCC(=O)N(C)C)NCC2CCCCO2)C1. The zero-order valence-electron chi connectivity index (χ0n) is 18.4. The fourth-order valence-corrected chi connectivity index (χ4v) is 3.80. The number of ether oxygens (including phenoxy) is 2. The molecule has 8 nitrogen and oxygen atoms in total. The molecule has 0 radical (unpaired) electrons. The van der Waals surface area contributed by atoms with Gasteiger partial charge in [-0.3, -0.25) is 4.79 Å². The lowest BCUT2D eigenvalue weighted by Gasteiger charge is -2.25. The third-order valence-electron chi connectivity index (χ3n) is 5.60. The number of anilines is 1. The van der Waals surface area contributed by atoms with Crippen LogP contribution in [-0.2, 0) is 9.53 Å². The highest BCUT2D eigenvalue weighted by Crippen LogP contribution is 2.30. The van der Waals surface area contributed by atoms with Gasteiger partial charge >= 0.3 is 0 Å². The van der Waals surface area contributed by atoms with Gasteiger partial charge in [0.2, 0.25) is 5.91 Å². The number of nitrogens with one attached hydrogen (secondary N) is 2. The fourth-order valence-electron chi connectivity index (χ4n) is 3.80. The Balaban J connectivity index is 1.60. The van der Waals surface area contributed by atoms with E-state index in [9.17, 15) is 4.79 Å². The molecule has 2 atom stereocenters. The number of para-hydroxylation sites is 2. The molecule has 166 valence electrons. The number of likely N-dealkylation sites (N-methyl/N-ethyl adjacent to an activating group) is 1. The lowest BCUT2D eigenvalue weighted by Crippen LogP contribution is -2.47. The molecule has 3 rings (SSSR count). The summed E-state index contributed by atoms with van der Waals surface area (Å²) >= 11 is 0. The molecule has 2 aliphatic heterocycles. The minimum Gasteiger partial charge on any atom is -0.495 e. The number of aliphatic imine (C=N–C) groups is 1. The minimum atomic E-state index is -0.0212. The smallest absolute Gasteiger partial charge is 0.243 e. The summed E-state index contributed by atoms with van der Waals surface area (Å²) in [5.74, 6) is 1.54. The van der Waals surface area contributed by atoms with Gasteiger partial charge in [-0.1, -0.05) is 12.1 Å². The zero-order chi connectivity index (χ0) is 21.3. The quantitative estimate of drug-likeness (QED) is 0.517. The molecule has 30 heavy (non-hydrogen) atoms. The summed E-state index contributed by atoms with van der Waals surface area (Å²) in [5, 5.41) is 6.90. The third-order valence-corrected chi connectivity index (χ3v) is 5.60. The minimum absolute atomic E-state index is 0.0212. The molecule has 2 heterocycles. The first-order valence-corrected chi connectivity index (χ1v) is 10.8. The standard InChI is InChI=1S/C22H35N5O3/c1-26(2)21(28)15-24-22(23-14-18-8-6-7-13-30-18)25-17-11-12-27(16-17)19-9-4-5-10-20(19)29-3/h4-5,9-10,17-18H,6-8,11-16H2,1-3H3,(H2,23,24,25). The van der Waals surface area contributed by atoms with E-state index in [-0.39, 0.29) is 24.6 Å². The predicted molar refractivity (Wildman–Crippen MR) is 119 cm³/mol. The lowest BCUT2D eigenvalue weighted by atomic mass is 10.1. The van der Waals surface area contributed by atoms with Crippen molar-refractivity contribution in [3.8, 4) is 5.75 Å². The van der Waals surface area contributed by atoms with Crippen LogP contribution >= 0.6 is 0 Å². The molecule has 2 N–H and O–H groups in total. The number of nitrogens with zero attached hydrogens (tertiary/aromatic N) is 3. The number of benzene rings is 1. The molecule has 2 aliphatic rings. The van der Waals surface area contributed by atoms with Gasteiger partial charge in [0, 0.05) is 46.4 Å². The molecule has 0 aliphatic carbocycles. The van der Waals surface area contributed by atoms with Crippen molar-refractivity contribution in [2.75, 3.05) is 58.9 Å². The van der Waals surface area contributed by atoms with Crippen LogP contribution in [0, 0.1) is 0 Å². The second-order valence-electron chi connectivity index (χ2n) is 8.07. The summed E-state index contributed by atoms with van der Waals surface area (Å²) in [5.41, 5.74) is 1.11. The number of amides is 1. The zero-order valence-corrected chi connectivity index (χ0v) is 18.4. The van der Waals surface area contributed by atoms with Crippen molar-refractivity contribution in [1.82, 2.24) is 15.5 Å². The van der Waals surface area contributed by atoms with E-state index in [1.54, 1.807) is 26.1 Å². The third kappa shape index (κ3) is 6.26. The monoisotopic (exact) mass is 417 g/mol. The average molecular weight is 418 g/mol. The molecular formula is C22H35N5O3. The molecule has 0 bridgehead atoms. The molecular weight excluding hydrogens is 382 g/mol. The molecule has 1 amide bonds. The van der Waals surface area contributed by atoms with Crippen LogP contribution in [0.3, 0.4) is 0 Å². The van der Waals surface area contributed by atoms with E-state index in [1.807, 2.05) is 18.2 Å². The summed E-state index contributed by atoms with van der Waals surface area (Å²) in [6, 6.07) is 8.33. The van der Waals surface area contributed by atoms with Crippen LogP contribution < -0.4 is 20.3 Å². The van der Waals surface area contributed by atoms with Crippen molar-refractivity contribution < 1.29 is 14.3 Å². The van der Waals surface area contributed by atoms with Crippen molar-refractivity contribution >= 4 is 17.6 Å². The Morgan fingerprint density at radius 2 is 2.13 bits per heavy atom. The van der Waals surface area contributed by atoms with Crippen molar-refractivity contribution in [3.63, 3.8) is 0 Å². The van der Waals surface area contributed by atoms with Crippen LogP contribution in [0.15, 0.2) is 29.3 Å². The molecule has 0 saturated carbocycles. The van der Waals surface area contributed by atoms with Crippen LogP contribution in [0.5, 0.6) is 5.75 Å². The summed E-state index contributed by atoms with van der Waals surface area (Å²) in [4.78, 5) is 20.4. The Morgan fingerprint density at radius 3 is 2.87 bits per heavy atom. The van der Waals surface area contributed by atoms with Crippen LogP contribution in [0.2, 0.25) is 0 Å². The summed E-state index contributed by atoms with van der Waals surface area (Å²) < 4.78 is 11.3. The Bertz CT molecular complexity index is 718. The van der Waals surface area contributed by atoms with E-state index in [0.717, 1.165) is 50.4 Å². The first kappa shape index (κ1) is 22.2. The van der Waals surface area contributed by atoms with Gasteiger partial charge in [-0.2, -0.15) is 0 Å². The molecule has 2 fully saturated rings. The van der Waals surface area contributed by atoms with Gasteiger partial charge < -0.3 is 29.9 Å². The van der Waals surface area contributed by atoms with E-state index in [4.69, 9.17) is 9.47 Å². The van der Waals surface area contributed by atoms with E-state index >= 15 is 0 Å². The second kappa shape index (κ2) is 11.1. The number of hydrogen-bond acceptors (Lipinski definition) is 5. The van der Waals surface area contributed by atoms with Crippen molar-refractivity contribution in [1.29, 1.82) is 0 Å². The fraction of sp³-hybridized carbons (Fsp3) is 0.636. The average Bonchev–Trinajstić information content (AvgIpc) is 3.24. The number of guanidine groups is 1. The molecule has 1 aromatic rings. The largest absolute Gasteiger partial charge is 0.495 e. The van der Waals surface area contributed by atoms with E-state index in [1.165, 1.54) is 6.42 Å². The molecule has 8 heteroatoms. The maximum Gasteiger partial charge on any atom is 0.243 e. The number of methoxy groups -OCH3 is 1. The van der Waals surface area contributed by atoms with Gasteiger partial charge in [-0.15, -0.1) is 0 Å². The van der Waals surface area contributed by atoms with Crippen LogP contribution in [0.4, 0.5) is 5.69 Å². The second-order valence-corrected chi connectivity index (χ2v) is 8.07. The molecule has 0 aromatic heterocycles. The summed E-state index contributed by atoms with van der Waals surface area (Å²) in [6.07, 6.45) is 4.57. The van der Waals surface area contributed by atoms with Crippen LogP contribution in [0.25, 0.3) is 0 Å². The summed E-state index contributed by atoms with van der Waals surface area (Å²) in [6.45, 7) is 3.43. The van der Waals surface area contributed by atoms with Gasteiger partial charge in [0.25, 0.3) is 0 Å². The van der Waals surface area contributed by atoms with Gasteiger partial charge in [0.1, 0.15) is 12.3 Å². The number of carbonyl (C=O) groups is 1. The maximum absolute atomic E-state index is 12.0. The Morgan fingerprint density at radius 1 is 1.30 bits per heavy atom. The normalized spacial score (nSPS) is 22.0. The molecule has 1 aromatic carbocycles. The Labute approximate surface area is 179 Å². The number of hydrogen-bond donors (Lipinski definition) is 2. The van der Waals surface area contributed by atoms with Gasteiger partial charge in [0.05, 0.1) is 18.9 Å². The topological polar surface area (TPSA) is 78.4 Å². The Hall–Kier alpha value is -2.48. The van der Waals surface area contributed by atoms with Gasteiger partial charge in [0.15, 0.2) is 5.96 Å². The number of rotatable bonds is 7. The van der Waals surface area contributed by atoms with Crippen molar-refractivity contribution in [3.05, 3.63) is 24.3 Å². The van der Waals surface area contributed by atoms with E-state index in [0.29, 0.717) is 12.5 Å². The first-order chi connectivity index (χ1) is 14.6. The van der Waals surface area contributed by atoms with Gasteiger partial charge in [-0.05, 0) is 37.8 Å². The first-order valence-electron chi connectivity index (χ1n) is 10.8. The van der Waals surface area contributed by atoms with Crippen molar-refractivity contribution in [2.24, 2.45) is 4.99 Å². The van der Waals surface area contributed by atoms with Crippen molar-refractivity contribution in [2.45, 2.75) is 37.8 Å². The highest BCUT2D eigenvalue weighted by molar-refractivity contribution is 5.85. The molecule has 2 unspecified atom stereocenters. The maximum atomic E-state index is 12.0. The van der Waals surface area contributed by atoms with Crippen LogP contribution in [0.1, 0.15) is 25.7 Å². The van der Waals surface area contributed by atoms with Crippen LogP contribution in [-0.4, -0.2) is 82.9 Å². The predicted octanol–water partition coefficient (Wildman–Crippen LogP) is 1.47. The van der Waals surface area contributed by atoms with E-state index < -0.39 is 0 Å². The highest BCUT2D eigenvalue weighted by Gasteiger charge is 2.25. The van der Waals surface area contributed by atoms with Gasteiger partial charge in [-0.25, -0.2) is 4.99 Å². The number of carbonyl (C=O) groups excluding carboxylic acids is 1. The van der Waals surface area contributed by atoms with E-state index in [2.05, 4.69) is 26.6 Å².